The van der Waals surface area contributed by atoms with Gasteiger partial charge in [0.25, 0.3) is 5.91 Å². The number of fused-ring (bicyclic) bond motifs is 1. The van der Waals surface area contributed by atoms with Crippen molar-refractivity contribution in [1.82, 2.24) is 9.80 Å². The molecule has 1 aliphatic carbocycles. The molecule has 3 aliphatic rings. The van der Waals surface area contributed by atoms with Gasteiger partial charge in [0, 0.05) is 24.3 Å². The maximum Gasteiger partial charge on any atom is 0.253 e. The van der Waals surface area contributed by atoms with E-state index in [1.807, 2.05) is 30.9 Å². The van der Waals surface area contributed by atoms with Crippen LogP contribution in [0.2, 0.25) is 0 Å². The van der Waals surface area contributed by atoms with E-state index in [4.69, 9.17) is 0 Å². The van der Waals surface area contributed by atoms with Gasteiger partial charge in [-0.05, 0) is 62.3 Å². The summed E-state index contributed by atoms with van der Waals surface area (Å²) in [4.78, 5) is 54.8. The van der Waals surface area contributed by atoms with E-state index in [-0.39, 0.29) is 41.4 Å². The van der Waals surface area contributed by atoms with E-state index < -0.39 is 6.04 Å². The van der Waals surface area contributed by atoms with Gasteiger partial charge in [0.1, 0.15) is 6.04 Å². The molecule has 2 heterocycles. The number of likely N-dealkylation sites (tertiary alicyclic amines) is 2. The van der Waals surface area contributed by atoms with Crippen molar-refractivity contribution in [3.05, 3.63) is 42.0 Å². The van der Waals surface area contributed by atoms with Gasteiger partial charge in [-0.3, -0.25) is 24.1 Å². The highest BCUT2D eigenvalue weighted by Crippen LogP contribution is 2.37. The molecule has 1 N–H and O–H groups in total. The third-order valence-corrected chi connectivity index (χ3v) is 6.64. The molecule has 4 amide bonds. The molecule has 0 spiro atoms. The molecule has 2 aliphatic heterocycles. The van der Waals surface area contributed by atoms with Crippen molar-refractivity contribution in [2.45, 2.75) is 52.0 Å². The first-order valence-corrected chi connectivity index (χ1v) is 11.6. The number of carbonyl (C=O) groups is 4. The number of imide groups is 1. The lowest BCUT2D eigenvalue weighted by atomic mass is 9.85. The van der Waals surface area contributed by atoms with Gasteiger partial charge in [0.05, 0.1) is 11.8 Å². The predicted molar refractivity (Wildman–Crippen MR) is 121 cm³/mol. The molecular formula is C25H31N3O4. The van der Waals surface area contributed by atoms with Crippen LogP contribution in [0.3, 0.4) is 0 Å². The first kappa shape index (κ1) is 22.2. The Labute approximate surface area is 188 Å². The first-order valence-electron chi connectivity index (χ1n) is 11.6. The number of benzene rings is 1. The van der Waals surface area contributed by atoms with Crippen LogP contribution in [0.15, 0.2) is 36.4 Å². The molecule has 3 unspecified atom stereocenters. The summed E-state index contributed by atoms with van der Waals surface area (Å²) in [7, 11) is 0. The van der Waals surface area contributed by atoms with Gasteiger partial charge in [0.2, 0.25) is 17.7 Å². The van der Waals surface area contributed by atoms with E-state index in [2.05, 4.69) is 5.32 Å². The molecule has 0 radical (unpaired) electrons. The van der Waals surface area contributed by atoms with Gasteiger partial charge in [0.15, 0.2) is 0 Å². The minimum Gasteiger partial charge on any atom is -0.339 e. The van der Waals surface area contributed by atoms with Gasteiger partial charge < -0.3 is 10.2 Å². The van der Waals surface area contributed by atoms with Crippen LogP contribution in [0, 0.1) is 17.8 Å². The number of anilines is 1. The summed E-state index contributed by atoms with van der Waals surface area (Å²) in [6, 6.07) is 5.97. The Kier molecular flexibility index (Phi) is 6.44. The Bertz CT molecular complexity index is 905. The summed E-state index contributed by atoms with van der Waals surface area (Å²) in [5.41, 5.74) is 1.13. The highest BCUT2D eigenvalue weighted by Gasteiger charge is 2.51. The van der Waals surface area contributed by atoms with E-state index in [1.54, 1.807) is 24.3 Å². The maximum atomic E-state index is 13.2. The Balaban J connectivity index is 1.48. The van der Waals surface area contributed by atoms with Crippen LogP contribution in [0.25, 0.3) is 0 Å². The molecule has 170 valence electrons. The predicted octanol–water partition coefficient (Wildman–Crippen LogP) is 3.23. The number of hydrogen-bond acceptors (Lipinski definition) is 4. The number of amides is 4. The third-order valence-electron chi connectivity index (χ3n) is 6.64. The van der Waals surface area contributed by atoms with Crippen molar-refractivity contribution < 1.29 is 19.2 Å². The number of allylic oxidation sites excluding steroid dienone is 2. The lowest BCUT2D eigenvalue weighted by Crippen LogP contribution is -2.48. The summed E-state index contributed by atoms with van der Waals surface area (Å²) >= 11 is 0. The number of carbonyl (C=O) groups excluding carboxylic acids is 4. The molecule has 4 rings (SSSR count). The average Bonchev–Trinajstić information content (AvgIpc) is 3.40. The highest BCUT2D eigenvalue weighted by molar-refractivity contribution is 6.10. The molecule has 3 atom stereocenters. The van der Waals surface area contributed by atoms with Crippen LogP contribution in [-0.2, 0) is 14.4 Å². The minimum atomic E-state index is -0.841. The van der Waals surface area contributed by atoms with Crippen LogP contribution in [0.4, 0.5) is 5.69 Å². The largest absolute Gasteiger partial charge is 0.339 e. The van der Waals surface area contributed by atoms with E-state index in [0.29, 0.717) is 30.5 Å². The van der Waals surface area contributed by atoms with Gasteiger partial charge in [-0.1, -0.05) is 26.0 Å². The molecule has 1 aromatic carbocycles. The summed E-state index contributed by atoms with van der Waals surface area (Å²) in [5, 5.41) is 2.86. The Morgan fingerprint density at radius 1 is 0.969 bits per heavy atom. The fourth-order valence-electron chi connectivity index (χ4n) is 4.93. The molecule has 0 saturated carbocycles. The summed E-state index contributed by atoms with van der Waals surface area (Å²) in [5.74, 6) is -1.43. The number of nitrogens with zero attached hydrogens (tertiary/aromatic N) is 2. The number of nitrogens with one attached hydrogen (secondary N) is 1. The standard InChI is InChI=1S/C25H31N3O4/c1-16(2)15-21(28-24(31)19-7-3-4-8-20(19)25(28)32)22(29)26-18-11-9-17(10-12-18)23(30)27-13-5-6-14-27/h3-4,9-12,16,19-21H,5-8,13-15H2,1-2H3,(H,26,29). The molecule has 0 aromatic heterocycles. The second kappa shape index (κ2) is 9.27. The fraction of sp³-hybridized carbons (Fsp3) is 0.520. The summed E-state index contributed by atoms with van der Waals surface area (Å²) < 4.78 is 0. The van der Waals surface area contributed by atoms with Gasteiger partial charge in [-0.15, -0.1) is 0 Å². The van der Waals surface area contributed by atoms with E-state index in [0.717, 1.165) is 25.9 Å². The zero-order valence-electron chi connectivity index (χ0n) is 18.8. The van der Waals surface area contributed by atoms with Gasteiger partial charge in [-0.25, -0.2) is 0 Å². The van der Waals surface area contributed by atoms with Gasteiger partial charge >= 0.3 is 0 Å². The van der Waals surface area contributed by atoms with E-state index in [1.165, 1.54) is 4.90 Å². The highest BCUT2D eigenvalue weighted by atomic mass is 16.2. The molecule has 0 bridgehead atoms. The van der Waals surface area contributed by atoms with Crippen LogP contribution in [0.5, 0.6) is 0 Å². The fourth-order valence-corrected chi connectivity index (χ4v) is 4.93. The van der Waals surface area contributed by atoms with Crippen LogP contribution >= 0.6 is 0 Å². The first-order chi connectivity index (χ1) is 15.4. The second-order valence-electron chi connectivity index (χ2n) is 9.41. The molecule has 2 saturated heterocycles. The van der Waals surface area contributed by atoms with Crippen molar-refractivity contribution in [1.29, 1.82) is 0 Å². The van der Waals surface area contributed by atoms with Crippen molar-refractivity contribution >= 4 is 29.3 Å². The lowest BCUT2D eigenvalue weighted by molar-refractivity contribution is -0.147. The Morgan fingerprint density at radius 3 is 2.06 bits per heavy atom. The molecule has 1 aromatic rings. The van der Waals surface area contributed by atoms with E-state index >= 15 is 0 Å². The zero-order valence-corrected chi connectivity index (χ0v) is 18.8. The van der Waals surface area contributed by atoms with Crippen molar-refractivity contribution in [3.8, 4) is 0 Å². The molecule has 2 fully saturated rings. The SMILES string of the molecule is CC(C)CC(C(=O)Nc1ccc(C(=O)N2CCCC2)cc1)N1C(=O)C2CC=CCC2C1=O. The number of rotatable bonds is 6. The normalized spacial score (nSPS) is 23.6. The molecule has 32 heavy (non-hydrogen) atoms. The minimum absolute atomic E-state index is 0.00235. The average molecular weight is 438 g/mol. The summed E-state index contributed by atoms with van der Waals surface area (Å²) in [6.45, 7) is 5.50. The van der Waals surface area contributed by atoms with Gasteiger partial charge in [-0.2, -0.15) is 0 Å². The third kappa shape index (κ3) is 4.33. The Hall–Kier alpha value is -2.96. The Morgan fingerprint density at radius 2 is 1.53 bits per heavy atom. The maximum absolute atomic E-state index is 13.2. The second-order valence-corrected chi connectivity index (χ2v) is 9.41. The quantitative estimate of drug-likeness (QED) is 0.547. The molecule has 7 nitrogen and oxygen atoms in total. The van der Waals surface area contributed by atoms with Crippen molar-refractivity contribution in [3.63, 3.8) is 0 Å². The summed E-state index contributed by atoms with van der Waals surface area (Å²) in [6.07, 6.45) is 7.45. The molecular weight excluding hydrogens is 406 g/mol. The van der Waals surface area contributed by atoms with Crippen LogP contribution in [0.1, 0.15) is 56.3 Å². The van der Waals surface area contributed by atoms with Crippen molar-refractivity contribution in [2.75, 3.05) is 18.4 Å². The monoisotopic (exact) mass is 437 g/mol. The number of hydrogen-bond donors (Lipinski definition) is 1. The molecule has 7 heteroatoms. The van der Waals surface area contributed by atoms with Crippen molar-refractivity contribution in [2.24, 2.45) is 17.8 Å². The van der Waals surface area contributed by atoms with Crippen LogP contribution in [-0.4, -0.2) is 52.6 Å². The lowest BCUT2D eigenvalue weighted by Gasteiger charge is -2.27. The van der Waals surface area contributed by atoms with Crippen LogP contribution < -0.4 is 5.32 Å². The zero-order chi connectivity index (χ0) is 22.8. The van der Waals surface area contributed by atoms with E-state index in [9.17, 15) is 19.2 Å². The topological polar surface area (TPSA) is 86.8 Å². The smallest absolute Gasteiger partial charge is 0.253 e.